The summed E-state index contributed by atoms with van der Waals surface area (Å²) >= 11 is 1.27. The van der Waals surface area contributed by atoms with Crippen LogP contribution in [0.2, 0.25) is 0 Å². The molecular formula is C10H20N6O2S2. The molecule has 3 N–H and O–H groups in total. The van der Waals surface area contributed by atoms with Gasteiger partial charge in [0.15, 0.2) is 5.16 Å². The van der Waals surface area contributed by atoms with E-state index in [9.17, 15) is 8.42 Å². The number of nitrogens with one attached hydrogen (secondary N) is 1. The largest absolute Gasteiger partial charge is 0.341 e. The monoisotopic (exact) mass is 320 g/mol. The Labute approximate surface area is 123 Å². The number of anilines is 2. The van der Waals surface area contributed by atoms with Crippen LogP contribution in [0.5, 0.6) is 0 Å². The summed E-state index contributed by atoms with van der Waals surface area (Å²) < 4.78 is 22.2. The van der Waals surface area contributed by atoms with Crippen LogP contribution in [0.4, 0.5) is 11.9 Å². The Morgan fingerprint density at radius 3 is 2.40 bits per heavy atom. The molecule has 0 unspecified atom stereocenters. The van der Waals surface area contributed by atoms with Crippen LogP contribution in [0.1, 0.15) is 13.8 Å². The van der Waals surface area contributed by atoms with Crippen molar-refractivity contribution in [1.29, 1.82) is 0 Å². The number of nitrogen functional groups attached to an aromatic ring is 1. The first-order valence-electron chi connectivity index (χ1n) is 6.17. The zero-order valence-electron chi connectivity index (χ0n) is 11.8. The van der Waals surface area contributed by atoms with Crippen LogP contribution < -0.4 is 16.2 Å². The highest BCUT2D eigenvalue weighted by Crippen LogP contribution is 2.18. The number of rotatable bonds is 8. The molecule has 0 amide bonds. The fourth-order valence-corrected chi connectivity index (χ4v) is 3.43. The Bertz CT molecular complexity index is 533. The molecule has 0 spiro atoms. The molecule has 1 rings (SSSR count). The standard InChI is InChI=1S/C10H20N6O2S2/c1-4-16(5-2)9-12-8(15-11)13-10(14-9)19-6-7-20(3,17)18/h4-7,11H2,1-3H3,(H,12,13,14,15). The van der Waals surface area contributed by atoms with Crippen molar-refractivity contribution in [3.63, 3.8) is 0 Å². The summed E-state index contributed by atoms with van der Waals surface area (Å²) in [6.07, 6.45) is 1.20. The third-order valence-electron chi connectivity index (χ3n) is 2.46. The fourth-order valence-electron chi connectivity index (χ4n) is 1.41. The van der Waals surface area contributed by atoms with Crippen molar-refractivity contribution in [3.8, 4) is 0 Å². The van der Waals surface area contributed by atoms with Crippen molar-refractivity contribution < 1.29 is 8.42 Å². The van der Waals surface area contributed by atoms with E-state index in [1.54, 1.807) is 0 Å². The molecule has 0 aliphatic carbocycles. The van der Waals surface area contributed by atoms with Crippen LogP contribution in [-0.4, -0.2) is 54.2 Å². The average Bonchev–Trinajstić information content (AvgIpc) is 2.38. The number of aromatic nitrogens is 3. The minimum absolute atomic E-state index is 0.0787. The van der Waals surface area contributed by atoms with Gasteiger partial charge in [-0.2, -0.15) is 15.0 Å². The highest BCUT2D eigenvalue weighted by molar-refractivity contribution is 8.00. The number of nitrogens with two attached hydrogens (primary N) is 1. The summed E-state index contributed by atoms with van der Waals surface area (Å²) in [5, 5.41) is 0.457. The number of hydrogen-bond acceptors (Lipinski definition) is 9. The van der Waals surface area contributed by atoms with Crippen LogP contribution in [0.3, 0.4) is 0 Å². The lowest BCUT2D eigenvalue weighted by atomic mass is 10.5. The molecule has 0 aromatic carbocycles. The van der Waals surface area contributed by atoms with Gasteiger partial charge in [0.25, 0.3) is 0 Å². The van der Waals surface area contributed by atoms with Crippen LogP contribution in [0.25, 0.3) is 0 Å². The topological polar surface area (TPSA) is 114 Å². The Balaban J connectivity index is 2.87. The van der Waals surface area contributed by atoms with Crippen LogP contribution in [0, 0.1) is 0 Å². The number of hydrazine groups is 1. The maximum atomic E-state index is 11.1. The molecule has 0 aliphatic heterocycles. The van der Waals surface area contributed by atoms with E-state index < -0.39 is 9.84 Å². The Kier molecular flexibility index (Phi) is 6.43. The van der Waals surface area contributed by atoms with Gasteiger partial charge >= 0.3 is 0 Å². The molecule has 0 saturated heterocycles. The molecule has 20 heavy (non-hydrogen) atoms. The van der Waals surface area contributed by atoms with Gasteiger partial charge in [0.05, 0.1) is 5.75 Å². The van der Waals surface area contributed by atoms with Crippen molar-refractivity contribution in [3.05, 3.63) is 0 Å². The van der Waals surface area contributed by atoms with Crippen molar-refractivity contribution >= 4 is 33.5 Å². The van der Waals surface area contributed by atoms with Crippen LogP contribution >= 0.6 is 11.8 Å². The molecule has 8 nitrogen and oxygen atoms in total. The van der Waals surface area contributed by atoms with Crippen molar-refractivity contribution in [2.24, 2.45) is 5.84 Å². The maximum Gasteiger partial charge on any atom is 0.242 e. The predicted molar refractivity (Wildman–Crippen MR) is 81.6 cm³/mol. The van der Waals surface area contributed by atoms with Crippen LogP contribution in [-0.2, 0) is 9.84 Å². The molecule has 0 radical (unpaired) electrons. The van der Waals surface area contributed by atoms with E-state index in [2.05, 4.69) is 20.4 Å². The van der Waals surface area contributed by atoms with E-state index in [1.807, 2.05) is 18.7 Å². The molecule has 114 valence electrons. The third kappa shape index (κ3) is 5.47. The van der Waals surface area contributed by atoms with E-state index in [0.29, 0.717) is 16.9 Å². The minimum atomic E-state index is -2.99. The lowest BCUT2D eigenvalue weighted by Crippen LogP contribution is -2.25. The van der Waals surface area contributed by atoms with Gasteiger partial charge in [0, 0.05) is 25.1 Å². The average molecular weight is 320 g/mol. The van der Waals surface area contributed by atoms with E-state index in [-0.39, 0.29) is 11.7 Å². The summed E-state index contributed by atoms with van der Waals surface area (Å²) in [5.41, 5.74) is 2.40. The first-order chi connectivity index (χ1) is 9.39. The number of hydrogen-bond donors (Lipinski definition) is 2. The van der Waals surface area contributed by atoms with Crippen molar-refractivity contribution in [2.45, 2.75) is 19.0 Å². The van der Waals surface area contributed by atoms with Gasteiger partial charge in [0.2, 0.25) is 11.9 Å². The van der Waals surface area contributed by atoms with Gasteiger partial charge in [0.1, 0.15) is 9.84 Å². The Morgan fingerprint density at radius 2 is 1.90 bits per heavy atom. The second-order valence-corrected chi connectivity index (χ2v) is 7.36. The zero-order valence-corrected chi connectivity index (χ0v) is 13.5. The highest BCUT2D eigenvalue weighted by atomic mass is 32.2. The number of thioether (sulfide) groups is 1. The molecule has 0 aliphatic rings. The smallest absolute Gasteiger partial charge is 0.242 e. The van der Waals surface area contributed by atoms with E-state index in [0.717, 1.165) is 13.1 Å². The van der Waals surface area contributed by atoms with Gasteiger partial charge in [-0.25, -0.2) is 14.3 Å². The van der Waals surface area contributed by atoms with E-state index in [1.165, 1.54) is 18.0 Å². The van der Waals surface area contributed by atoms with Crippen molar-refractivity contribution in [2.75, 3.05) is 41.2 Å². The summed E-state index contributed by atoms with van der Waals surface area (Å²) in [6, 6.07) is 0. The molecule has 0 bridgehead atoms. The fraction of sp³-hybridized carbons (Fsp3) is 0.700. The SMILES string of the molecule is CCN(CC)c1nc(NN)nc(SCCS(C)(=O)=O)n1. The Morgan fingerprint density at radius 1 is 1.25 bits per heavy atom. The lowest BCUT2D eigenvalue weighted by molar-refractivity contribution is 0.603. The molecular weight excluding hydrogens is 300 g/mol. The minimum Gasteiger partial charge on any atom is -0.341 e. The van der Waals surface area contributed by atoms with Gasteiger partial charge in [-0.15, -0.1) is 0 Å². The molecule has 0 fully saturated rings. The lowest BCUT2D eigenvalue weighted by Gasteiger charge is -2.19. The molecule has 1 aromatic heterocycles. The second kappa shape index (κ2) is 7.60. The van der Waals surface area contributed by atoms with E-state index >= 15 is 0 Å². The predicted octanol–water partition coefficient (Wildman–Crippen LogP) is 0.140. The molecule has 1 aromatic rings. The summed E-state index contributed by atoms with van der Waals surface area (Å²) in [4.78, 5) is 14.6. The molecule has 0 atom stereocenters. The zero-order chi connectivity index (χ0) is 15.2. The first kappa shape index (κ1) is 16.9. The highest BCUT2D eigenvalue weighted by Gasteiger charge is 2.12. The second-order valence-electron chi connectivity index (χ2n) is 4.04. The molecule has 1 heterocycles. The molecule has 10 heteroatoms. The first-order valence-corrected chi connectivity index (χ1v) is 9.22. The van der Waals surface area contributed by atoms with E-state index in [4.69, 9.17) is 5.84 Å². The quantitative estimate of drug-likeness (QED) is 0.392. The summed E-state index contributed by atoms with van der Waals surface area (Å²) in [6.45, 7) is 5.52. The van der Waals surface area contributed by atoms with Crippen LogP contribution in [0.15, 0.2) is 5.16 Å². The summed E-state index contributed by atoms with van der Waals surface area (Å²) in [7, 11) is -2.99. The molecule has 0 saturated carbocycles. The van der Waals surface area contributed by atoms with Gasteiger partial charge < -0.3 is 4.90 Å². The summed E-state index contributed by atoms with van der Waals surface area (Å²) in [5.74, 6) is 6.61. The Hall–Kier alpha value is -1.13. The normalized spacial score (nSPS) is 11.4. The van der Waals surface area contributed by atoms with Gasteiger partial charge in [-0.05, 0) is 13.8 Å². The van der Waals surface area contributed by atoms with Gasteiger partial charge in [-0.1, -0.05) is 11.8 Å². The van der Waals surface area contributed by atoms with Crippen molar-refractivity contribution in [1.82, 2.24) is 15.0 Å². The maximum absolute atomic E-state index is 11.1. The number of sulfone groups is 1. The van der Waals surface area contributed by atoms with Gasteiger partial charge in [-0.3, -0.25) is 5.43 Å². The third-order valence-corrected chi connectivity index (χ3v) is 4.52. The number of nitrogens with zero attached hydrogens (tertiary/aromatic N) is 4.